The van der Waals surface area contributed by atoms with Gasteiger partial charge in [-0.05, 0) is 17.7 Å². The zero-order valence-electron chi connectivity index (χ0n) is 15.5. The van der Waals surface area contributed by atoms with Crippen LogP contribution in [0.2, 0.25) is 0 Å². The van der Waals surface area contributed by atoms with Crippen molar-refractivity contribution < 1.29 is 18.0 Å². The van der Waals surface area contributed by atoms with Gasteiger partial charge in [-0.3, -0.25) is 4.79 Å². The number of hydrogen-bond acceptors (Lipinski definition) is 4. The lowest BCUT2D eigenvalue weighted by Gasteiger charge is -2.16. The number of halogens is 6. The quantitative estimate of drug-likeness (QED) is 0.361. The summed E-state index contributed by atoms with van der Waals surface area (Å²) < 4.78 is 37.4. The molecule has 0 N–H and O–H groups in total. The zero-order valence-corrected chi connectivity index (χ0v) is 17.8. The van der Waals surface area contributed by atoms with Gasteiger partial charge in [-0.25, -0.2) is 9.99 Å². The normalized spacial score (nSPS) is 12.3. The number of benzene rings is 1. The Morgan fingerprint density at radius 2 is 1.66 bits per heavy atom. The highest BCUT2D eigenvalue weighted by molar-refractivity contribution is 6.76. The molecule has 0 atom stereocenters. The fourth-order valence-electron chi connectivity index (χ4n) is 2.19. The van der Waals surface area contributed by atoms with Crippen LogP contribution < -0.4 is 4.90 Å². The van der Waals surface area contributed by atoms with Crippen molar-refractivity contribution in [2.45, 2.75) is 9.97 Å². The van der Waals surface area contributed by atoms with E-state index in [1.165, 1.54) is 18.2 Å². The molecule has 0 aliphatic rings. The number of carbonyl (C=O) groups is 1. The molecular formula is C18H16Cl3F3N4O. The Morgan fingerprint density at radius 3 is 2.14 bits per heavy atom. The van der Waals surface area contributed by atoms with Crippen LogP contribution in [-0.4, -0.2) is 47.1 Å². The van der Waals surface area contributed by atoms with Crippen molar-refractivity contribution in [1.82, 2.24) is 9.99 Å². The number of rotatable bonds is 4. The number of alkyl halides is 6. The molecule has 156 valence electrons. The van der Waals surface area contributed by atoms with E-state index in [0.717, 1.165) is 17.1 Å². The van der Waals surface area contributed by atoms with Crippen LogP contribution in [0.15, 0.2) is 41.5 Å². The van der Waals surface area contributed by atoms with Crippen molar-refractivity contribution in [1.29, 1.82) is 0 Å². The Bertz CT molecular complexity index is 910. The minimum atomic E-state index is -4.49. The van der Waals surface area contributed by atoms with Crippen molar-refractivity contribution in [2.24, 2.45) is 5.10 Å². The van der Waals surface area contributed by atoms with E-state index in [9.17, 15) is 18.0 Å². The number of amides is 1. The summed E-state index contributed by atoms with van der Waals surface area (Å²) in [5, 5.41) is 4.75. The van der Waals surface area contributed by atoms with Crippen molar-refractivity contribution >= 4 is 52.7 Å². The monoisotopic (exact) mass is 466 g/mol. The molecule has 1 heterocycles. The van der Waals surface area contributed by atoms with Gasteiger partial charge >= 0.3 is 6.18 Å². The highest BCUT2D eigenvalue weighted by Crippen LogP contribution is 2.34. The molecule has 1 amide bonds. The third-order valence-corrected chi connectivity index (χ3v) is 4.21. The van der Waals surface area contributed by atoms with Crippen molar-refractivity contribution in [3.8, 4) is 11.3 Å². The van der Waals surface area contributed by atoms with Crippen LogP contribution in [0.5, 0.6) is 0 Å². The molecule has 1 aromatic heterocycles. The first-order chi connectivity index (χ1) is 13.3. The molecule has 2 aromatic rings. The maximum atomic E-state index is 13.2. The molecule has 0 saturated carbocycles. The molecule has 0 aliphatic heterocycles. The third kappa shape index (κ3) is 6.22. The second-order valence-electron chi connectivity index (χ2n) is 6.18. The Kier molecular flexibility index (Phi) is 7.03. The van der Waals surface area contributed by atoms with Crippen LogP contribution in [0.1, 0.15) is 11.1 Å². The highest BCUT2D eigenvalue weighted by atomic mass is 35.6. The van der Waals surface area contributed by atoms with E-state index < -0.39 is 21.4 Å². The summed E-state index contributed by atoms with van der Waals surface area (Å²) in [5.74, 6) is -0.646. The standard InChI is InChI=1S/C18H16Cl3F3N4O/c1-27(2)15-9-13(18(22,23)24)8-14(26-15)12-6-4-11(5-7-12)10-25-28(3)16(29)17(19,20)21/h4-10H,1-3H3/b25-10+. The van der Waals surface area contributed by atoms with E-state index in [4.69, 9.17) is 34.8 Å². The molecule has 11 heteroatoms. The minimum Gasteiger partial charge on any atom is -0.363 e. The topological polar surface area (TPSA) is 48.8 Å². The largest absolute Gasteiger partial charge is 0.416 e. The van der Waals surface area contributed by atoms with Gasteiger partial charge in [-0.15, -0.1) is 0 Å². The predicted molar refractivity (Wildman–Crippen MR) is 110 cm³/mol. The average molecular weight is 468 g/mol. The van der Waals surface area contributed by atoms with Crippen LogP contribution in [0, 0.1) is 0 Å². The van der Waals surface area contributed by atoms with E-state index in [0.29, 0.717) is 11.1 Å². The summed E-state index contributed by atoms with van der Waals surface area (Å²) >= 11 is 16.5. The number of hydrogen-bond donors (Lipinski definition) is 0. The number of hydrazone groups is 1. The van der Waals surface area contributed by atoms with Crippen molar-refractivity contribution in [2.75, 3.05) is 26.0 Å². The number of carbonyl (C=O) groups excluding carboxylic acids is 1. The van der Waals surface area contributed by atoms with Crippen LogP contribution in [0.3, 0.4) is 0 Å². The molecule has 0 fully saturated rings. The summed E-state index contributed by atoms with van der Waals surface area (Å²) in [6, 6.07) is 8.40. The Morgan fingerprint density at radius 1 is 1.07 bits per heavy atom. The Balaban J connectivity index is 2.29. The van der Waals surface area contributed by atoms with Gasteiger partial charge in [0.2, 0.25) is 0 Å². The van der Waals surface area contributed by atoms with Gasteiger partial charge in [-0.1, -0.05) is 59.1 Å². The van der Waals surface area contributed by atoms with Gasteiger partial charge in [0, 0.05) is 26.7 Å². The van der Waals surface area contributed by atoms with Gasteiger partial charge in [0.05, 0.1) is 17.5 Å². The van der Waals surface area contributed by atoms with E-state index in [2.05, 4.69) is 10.1 Å². The molecule has 0 radical (unpaired) electrons. The van der Waals surface area contributed by atoms with Crippen molar-refractivity contribution in [3.63, 3.8) is 0 Å². The molecule has 0 aliphatic carbocycles. The van der Waals surface area contributed by atoms with Crippen molar-refractivity contribution in [3.05, 3.63) is 47.5 Å². The predicted octanol–water partition coefficient (Wildman–Crippen LogP) is 5.00. The van der Waals surface area contributed by atoms with Crippen LogP contribution in [0.4, 0.5) is 19.0 Å². The second-order valence-corrected chi connectivity index (χ2v) is 8.47. The summed E-state index contributed by atoms with van der Waals surface area (Å²) in [6.45, 7) is 0. The molecule has 0 unspecified atom stereocenters. The third-order valence-electron chi connectivity index (χ3n) is 3.72. The van der Waals surface area contributed by atoms with Gasteiger partial charge in [0.1, 0.15) is 5.82 Å². The smallest absolute Gasteiger partial charge is 0.363 e. The van der Waals surface area contributed by atoms with Gasteiger partial charge < -0.3 is 4.90 Å². The number of anilines is 1. The lowest BCUT2D eigenvalue weighted by molar-refractivity contribution is -0.137. The first-order valence-electron chi connectivity index (χ1n) is 8.05. The Hall–Kier alpha value is -2.03. The molecule has 2 rings (SSSR count). The maximum absolute atomic E-state index is 13.2. The highest BCUT2D eigenvalue weighted by Gasteiger charge is 2.34. The van der Waals surface area contributed by atoms with Gasteiger partial charge in [-0.2, -0.15) is 18.3 Å². The first kappa shape index (κ1) is 23.3. The van der Waals surface area contributed by atoms with E-state index in [-0.39, 0.29) is 11.5 Å². The fraction of sp³-hybridized carbons (Fsp3) is 0.278. The summed E-state index contributed by atoms with van der Waals surface area (Å²) in [5.41, 5.74) is 0.457. The number of aromatic nitrogens is 1. The summed E-state index contributed by atoms with van der Waals surface area (Å²) in [4.78, 5) is 17.5. The average Bonchev–Trinajstić information content (AvgIpc) is 2.64. The van der Waals surface area contributed by atoms with Crippen LogP contribution in [0.25, 0.3) is 11.3 Å². The van der Waals surface area contributed by atoms with E-state index >= 15 is 0 Å². The van der Waals surface area contributed by atoms with Gasteiger partial charge in [0.25, 0.3) is 9.70 Å². The fourth-order valence-corrected chi connectivity index (χ4v) is 2.55. The van der Waals surface area contributed by atoms with Crippen LogP contribution >= 0.6 is 34.8 Å². The van der Waals surface area contributed by atoms with Gasteiger partial charge in [0.15, 0.2) is 0 Å². The molecule has 0 saturated heterocycles. The molecular weight excluding hydrogens is 452 g/mol. The SMILES string of the molecule is CN(/N=C/c1ccc(-c2cc(C(F)(F)F)cc(N(C)C)n2)cc1)C(=O)C(Cl)(Cl)Cl. The molecule has 29 heavy (non-hydrogen) atoms. The van der Waals surface area contributed by atoms with E-state index in [1.54, 1.807) is 38.4 Å². The zero-order chi connectivity index (χ0) is 22.0. The molecule has 0 spiro atoms. The maximum Gasteiger partial charge on any atom is 0.416 e. The molecule has 5 nitrogen and oxygen atoms in total. The van der Waals surface area contributed by atoms with Crippen LogP contribution in [-0.2, 0) is 11.0 Å². The lowest BCUT2D eigenvalue weighted by atomic mass is 10.1. The molecule has 0 bridgehead atoms. The number of pyridine rings is 1. The number of nitrogens with zero attached hydrogens (tertiary/aromatic N) is 4. The minimum absolute atomic E-state index is 0.176. The molecule has 1 aromatic carbocycles. The lowest BCUT2D eigenvalue weighted by Crippen LogP contribution is -2.32. The Labute approximate surface area is 180 Å². The second kappa shape index (κ2) is 8.77. The first-order valence-corrected chi connectivity index (χ1v) is 9.18. The summed E-state index contributed by atoms with van der Waals surface area (Å²) in [7, 11) is 4.55. The van der Waals surface area contributed by atoms with E-state index in [1.807, 2.05) is 0 Å². The summed E-state index contributed by atoms with van der Waals surface area (Å²) in [6.07, 6.45) is -3.14.